The minimum Gasteiger partial charge on any atom is -0.325 e. The maximum absolute atomic E-state index is 12.5. The highest BCUT2D eigenvalue weighted by Crippen LogP contribution is 2.22. The molecule has 4 aromatic rings. The van der Waals surface area contributed by atoms with Crippen molar-refractivity contribution < 1.29 is 9.59 Å². The zero-order valence-electron chi connectivity index (χ0n) is 18.3. The Bertz CT molecular complexity index is 1290. The number of benzene rings is 3. The Balaban J connectivity index is 1.36. The SMILES string of the molecule is Cc1ccc(-n2cnnc2SCC(=O)Nc2cccc(NC(=O)c3ccccc3)c2)cc1C. The molecule has 0 unspecified atom stereocenters. The van der Waals surface area contributed by atoms with Crippen LogP contribution in [0.25, 0.3) is 5.69 Å². The second-order valence-corrected chi connectivity index (χ2v) is 8.43. The van der Waals surface area contributed by atoms with Gasteiger partial charge < -0.3 is 10.6 Å². The first kappa shape index (κ1) is 22.3. The van der Waals surface area contributed by atoms with Crippen LogP contribution in [-0.2, 0) is 4.79 Å². The number of thioether (sulfide) groups is 1. The van der Waals surface area contributed by atoms with Crippen LogP contribution in [0.15, 0.2) is 84.3 Å². The molecule has 0 aliphatic rings. The van der Waals surface area contributed by atoms with E-state index in [9.17, 15) is 9.59 Å². The summed E-state index contributed by atoms with van der Waals surface area (Å²) in [6.07, 6.45) is 1.64. The molecule has 0 aliphatic heterocycles. The third kappa shape index (κ3) is 5.67. The number of hydrogen-bond acceptors (Lipinski definition) is 5. The van der Waals surface area contributed by atoms with Crippen LogP contribution >= 0.6 is 11.8 Å². The Hall–Kier alpha value is -3.91. The smallest absolute Gasteiger partial charge is 0.255 e. The molecule has 8 heteroatoms. The van der Waals surface area contributed by atoms with E-state index in [1.165, 1.54) is 22.9 Å². The van der Waals surface area contributed by atoms with Gasteiger partial charge in [-0.15, -0.1) is 10.2 Å². The van der Waals surface area contributed by atoms with E-state index in [1.807, 2.05) is 28.8 Å². The molecule has 2 amide bonds. The molecule has 166 valence electrons. The van der Waals surface area contributed by atoms with Crippen molar-refractivity contribution in [1.82, 2.24) is 14.8 Å². The van der Waals surface area contributed by atoms with Crippen LogP contribution in [0.5, 0.6) is 0 Å². The number of hydrogen-bond donors (Lipinski definition) is 2. The summed E-state index contributed by atoms with van der Waals surface area (Å²) in [6, 6.07) is 22.1. The predicted molar refractivity (Wildman–Crippen MR) is 131 cm³/mol. The summed E-state index contributed by atoms with van der Waals surface area (Å²) in [5.41, 5.74) is 5.10. The number of aryl methyl sites for hydroxylation is 2. The van der Waals surface area contributed by atoms with Gasteiger partial charge >= 0.3 is 0 Å². The number of aromatic nitrogens is 3. The van der Waals surface area contributed by atoms with E-state index in [-0.39, 0.29) is 17.6 Å². The van der Waals surface area contributed by atoms with E-state index in [0.29, 0.717) is 22.1 Å². The van der Waals surface area contributed by atoms with Crippen molar-refractivity contribution in [2.45, 2.75) is 19.0 Å². The van der Waals surface area contributed by atoms with Gasteiger partial charge in [0, 0.05) is 22.6 Å². The number of nitrogens with zero attached hydrogens (tertiary/aromatic N) is 3. The molecule has 0 saturated carbocycles. The highest BCUT2D eigenvalue weighted by molar-refractivity contribution is 7.99. The third-order valence-corrected chi connectivity index (χ3v) is 6.00. The molecule has 33 heavy (non-hydrogen) atoms. The molecule has 0 bridgehead atoms. The van der Waals surface area contributed by atoms with Crippen molar-refractivity contribution in [2.24, 2.45) is 0 Å². The van der Waals surface area contributed by atoms with Crippen molar-refractivity contribution >= 4 is 35.0 Å². The van der Waals surface area contributed by atoms with Gasteiger partial charge in [-0.25, -0.2) is 0 Å². The van der Waals surface area contributed by atoms with Crippen LogP contribution in [-0.4, -0.2) is 32.3 Å². The minimum atomic E-state index is -0.208. The lowest BCUT2D eigenvalue weighted by atomic mass is 10.1. The van der Waals surface area contributed by atoms with Gasteiger partial charge in [-0.1, -0.05) is 42.1 Å². The fraction of sp³-hybridized carbons (Fsp3) is 0.120. The second kappa shape index (κ2) is 10.1. The first-order chi connectivity index (χ1) is 16.0. The zero-order chi connectivity index (χ0) is 23.2. The van der Waals surface area contributed by atoms with Crippen molar-refractivity contribution in [3.63, 3.8) is 0 Å². The number of carbonyl (C=O) groups is 2. The Morgan fingerprint density at radius 1 is 0.879 bits per heavy atom. The van der Waals surface area contributed by atoms with Gasteiger partial charge in [0.15, 0.2) is 5.16 Å². The normalized spacial score (nSPS) is 10.6. The number of anilines is 2. The lowest BCUT2D eigenvalue weighted by molar-refractivity contribution is -0.113. The lowest BCUT2D eigenvalue weighted by Gasteiger charge is -2.10. The van der Waals surface area contributed by atoms with E-state index in [4.69, 9.17) is 0 Å². The topological polar surface area (TPSA) is 88.9 Å². The summed E-state index contributed by atoms with van der Waals surface area (Å²) >= 11 is 1.31. The Labute approximate surface area is 196 Å². The highest BCUT2D eigenvalue weighted by Gasteiger charge is 2.12. The van der Waals surface area contributed by atoms with Crippen LogP contribution in [0.3, 0.4) is 0 Å². The summed E-state index contributed by atoms with van der Waals surface area (Å²) in [6.45, 7) is 4.12. The first-order valence-corrected chi connectivity index (χ1v) is 11.3. The molecule has 4 rings (SSSR count). The molecule has 7 nitrogen and oxygen atoms in total. The number of nitrogens with one attached hydrogen (secondary N) is 2. The molecule has 0 radical (unpaired) electrons. The van der Waals surface area contributed by atoms with E-state index < -0.39 is 0 Å². The van der Waals surface area contributed by atoms with E-state index in [1.54, 1.807) is 42.7 Å². The average molecular weight is 458 g/mol. The standard InChI is InChI=1S/C25H23N5O2S/c1-17-11-12-22(13-18(17)2)30-16-26-29-25(30)33-15-23(31)27-20-9-6-10-21(14-20)28-24(32)19-7-4-3-5-8-19/h3-14,16H,15H2,1-2H3,(H,27,31)(H,28,32). The Morgan fingerprint density at radius 2 is 1.64 bits per heavy atom. The molecule has 3 aromatic carbocycles. The summed E-state index contributed by atoms with van der Waals surface area (Å²) < 4.78 is 1.87. The van der Waals surface area contributed by atoms with Crippen LogP contribution < -0.4 is 10.6 Å². The number of carbonyl (C=O) groups excluding carboxylic acids is 2. The molecule has 0 aliphatic carbocycles. The quantitative estimate of drug-likeness (QED) is 0.387. The van der Waals surface area contributed by atoms with E-state index in [2.05, 4.69) is 46.8 Å². The Morgan fingerprint density at radius 3 is 2.39 bits per heavy atom. The molecular formula is C25H23N5O2S. The van der Waals surface area contributed by atoms with E-state index in [0.717, 1.165) is 5.69 Å². The average Bonchev–Trinajstić information content (AvgIpc) is 3.29. The molecule has 1 heterocycles. The summed E-state index contributed by atoms with van der Waals surface area (Å²) in [7, 11) is 0. The monoisotopic (exact) mass is 457 g/mol. The summed E-state index contributed by atoms with van der Waals surface area (Å²) in [5, 5.41) is 14.5. The highest BCUT2D eigenvalue weighted by atomic mass is 32.2. The largest absolute Gasteiger partial charge is 0.325 e. The second-order valence-electron chi connectivity index (χ2n) is 7.49. The summed E-state index contributed by atoms with van der Waals surface area (Å²) in [5.74, 6) is -0.217. The van der Waals surface area contributed by atoms with Gasteiger partial charge in [0.25, 0.3) is 5.91 Å². The number of rotatable bonds is 7. The van der Waals surface area contributed by atoms with Crippen molar-refractivity contribution in [3.05, 3.63) is 95.8 Å². The lowest BCUT2D eigenvalue weighted by Crippen LogP contribution is -2.15. The minimum absolute atomic E-state index is 0.171. The van der Waals surface area contributed by atoms with E-state index >= 15 is 0 Å². The van der Waals surface area contributed by atoms with Crippen molar-refractivity contribution in [3.8, 4) is 5.69 Å². The fourth-order valence-corrected chi connectivity index (χ4v) is 3.90. The van der Waals surface area contributed by atoms with Crippen LogP contribution in [0, 0.1) is 13.8 Å². The maximum atomic E-state index is 12.5. The molecule has 0 fully saturated rings. The van der Waals surface area contributed by atoms with Crippen LogP contribution in [0.4, 0.5) is 11.4 Å². The molecular weight excluding hydrogens is 434 g/mol. The Kier molecular flexibility index (Phi) is 6.85. The molecule has 0 saturated heterocycles. The van der Waals surface area contributed by atoms with Crippen LogP contribution in [0.2, 0.25) is 0 Å². The third-order valence-electron chi connectivity index (χ3n) is 5.06. The summed E-state index contributed by atoms with van der Waals surface area (Å²) in [4.78, 5) is 24.9. The van der Waals surface area contributed by atoms with Gasteiger partial charge in [0.1, 0.15) is 6.33 Å². The van der Waals surface area contributed by atoms with Gasteiger partial charge in [0.05, 0.1) is 5.75 Å². The molecule has 0 atom stereocenters. The predicted octanol–water partition coefficient (Wildman–Crippen LogP) is 4.87. The van der Waals surface area contributed by atoms with Gasteiger partial charge in [-0.05, 0) is 67.4 Å². The maximum Gasteiger partial charge on any atom is 0.255 e. The zero-order valence-corrected chi connectivity index (χ0v) is 19.1. The fourth-order valence-electron chi connectivity index (χ4n) is 3.17. The first-order valence-electron chi connectivity index (χ1n) is 10.4. The molecule has 1 aromatic heterocycles. The van der Waals surface area contributed by atoms with Crippen molar-refractivity contribution in [2.75, 3.05) is 16.4 Å². The van der Waals surface area contributed by atoms with Crippen LogP contribution in [0.1, 0.15) is 21.5 Å². The van der Waals surface area contributed by atoms with Gasteiger partial charge in [-0.3, -0.25) is 14.2 Å². The van der Waals surface area contributed by atoms with Gasteiger partial charge in [-0.2, -0.15) is 0 Å². The number of amides is 2. The van der Waals surface area contributed by atoms with Crippen molar-refractivity contribution in [1.29, 1.82) is 0 Å². The van der Waals surface area contributed by atoms with Gasteiger partial charge in [0.2, 0.25) is 5.91 Å². The molecule has 2 N–H and O–H groups in total. The molecule has 0 spiro atoms.